The monoisotopic (exact) mass is 814 g/mol. The lowest BCUT2D eigenvalue weighted by Gasteiger charge is -2.30. The Morgan fingerprint density at radius 2 is 1.68 bits per heavy atom. The van der Waals surface area contributed by atoms with Gasteiger partial charge in [0.05, 0.1) is 38.7 Å². The molecule has 0 saturated heterocycles. The standard InChI is InChI=1S/C42H46N4O9S2/c1-8-33(38(49)45-39-35(40(50)54-7)30-19-20-46(24-34(30)57-39)41(51)55-42(2,3)4)56-29-16-12-15-27(23-29)43-37(48)31(44-36(47)25-13-10-9-11-14-25)22-26-21-28(52-5)17-18-32(26)53-6/h9-18,21-23,33H,8,19-20,24H2,1-7H3,(H,43,48)(H,44,47)(H,45,49)/b31-22+. The van der Waals surface area contributed by atoms with Crippen molar-refractivity contribution < 1.29 is 42.9 Å². The molecule has 0 fully saturated rings. The first-order valence-corrected chi connectivity index (χ1v) is 19.8. The van der Waals surface area contributed by atoms with Crippen LogP contribution in [0.3, 0.4) is 0 Å². The third kappa shape index (κ3) is 11.0. The molecule has 2 heterocycles. The van der Waals surface area contributed by atoms with Crippen molar-refractivity contribution in [2.45, 2.75) is 62.8 Å². The molecule has 1 unspecified atom stereocenters. The number of fused-ring (bicyclic) bond motifs is 1. The van der Waals surface area contributed by atoms with Crippen molar-refractivity contribution in [2.75, 3.05) is 38.5 Å². The normalized spacial score (nSPS) is 13.1. The van der Waals surface area contributed by atoms with E-state index in [1.807, 2.05) is 13.0 Å². The van der Waals surface area contributed by atoms with Crippen LogP contribution in [-0.2, 0) is 32.0 Å². The molecule has 0 aliphatic carbocycles. The minimum Gasteiger partial charge on any atom is -0.497 e. The fraction of sp³-hybridized carbons (Fsp3) is 0.310. The second-order valence-electron chi connectivity index (χ2n) is 13.8. The topological polar surface area (TPSA) is 162 Å². The summed E-state index contributed by atoms with van der Waals surface area (Å²) in [6, 6.07) is 20.6. The molecule has 1 aliphatic rings. The number of rotatable bonds is 13. The number of hydrogen-bond donors (Lipinski definition) is 3. The summed E-state index contributed by atoms with van der Waals surface area (Å²) >= 11 is 2.53. The molecule has 0 radical (unpaired) electrons. The molecule has 0 spiro atoms. The number of benzene rings is 3. The van der Waals surface area contributed by atoms with Crippen molar-refractivity contribution >= 4 is 69.6 Å². The highest BCUT2D eigenvalue weighted by Gasteiger charge is 2.33. The first kappa shape index (κ1) is 42.3. The molecule has 1 aromatic heterocycles. The van der Waals surface area contributed by atoms with E-state index >= 15 is 0 Å². The van der Waals surface area contributed by atoms with E-state index in [1.165, 1.54) is 50.5 Å². The number of esters is 1. The Bertz CT molecular complexity index is 2160. The SMILES string of the molecule is CCC(Sc1cccc(NC(=O)/C(=C\c2cc(OC)ccc2OC)NC(=O)c2ccccc2)c1)C(=O)Nc1sc2c(c1C(=O)OC)CCN(C(=O)OC(C)(C)C)C2. The van der Waals surface area contributed by atoms with E-state index in [0.717, 1.165) is 10.4 Å². The Hall–Kier alpha value is -5.80. The quantitative estimate of drug-likeness (QED) is 0.0691. The number of amides is 4. The first-order valence-electron chi connectivity index (χ1n) is 18.1. The number of nitrogens with zero attached hydrogens (tertiary/aromatic N) is 1. The van der Waals surface area contributed by atoms with Gasteiger partial charge in [-0.25, -0.2) is 9.59 Å². The zero-order chi connectivity index (χ0) is 41.3. The van der Waals surface area contributed by atoms with Crippen molar-refractivity contribution in [1.29, 1.82) is 0 Å². The second kappa shape index (κ2) is 18.9. The fourth-order valence-corrected chi connectivity index (χ4v) is 8.13. The number of ether oxygens (including phenoxy) is 4. The summed E-state index contributed by atoms with van der Waals surface area (Å²) in [6.07, 6.45) is 1.90. The van der Waals surface area contributed by atoms with Crippen LogP contribution in [0.4, 0.5) is 15.5 Å². The van der Waals surface area contributed by atoms with Gasteiger partial charge in [-0.2, -0.15) is 0 Å². The van der Waals surface area contributed by atoms with Crippen molar-refractivity contribution in [3.05, 3.63) is 106 Å². The molecule has 0 bridgehead atoms. The molecule has 300 valence electrons. The molecule has 15 heteroatoms. The van der Waals surface area contributed by atoms with E-state index in [1.54, 1.807) is 92.4 Å². The van der Waals surface area contributed by atoms with Crippen LogP contribution in [0.15, 0.2) is 83.4 Å². The minimum absolute atomic E-state index is 0.0476. The Morgan fingerprint density at radius 3 is 2.35 bits per heavy atom. The summed E-state index contributed by atoms with van der Waals surface area (Å²) in [6.45, 7) is 7.86. The third-order valence-corrected chi connectivity index (χ3v) is 11.1. The number of thioether (sulfide) groups is 1. The molecule has 0 saturated carbocycles. The van der Waals surface area contributed by atoms with Gasteiger partial charge in [-0.15, -0.1) is 23.1 Å². The molecule has 4 aromatic rings. The van der Waals surface area contributed by atoms with E-state index < -0.39 is 34.7 Å². The molecular formula is C42H46N4O9S2. The first-order chi connectivity index (χ1) is 27.2. The smallest absolute Gasteiger partial charge is 0.410 e. The van der Waals surface area contributed by atoms with Crippen LogP contribution in [0.1, 0.15) is 70.8 Å². The highest BCUT2D eigenvalue weighted by molar-refractivity contribution is 8.00. The van der Waals surface area contributed by atoms with Crippen LogP contribution in [0, 0.1) is 0 Å². The van der Waals surface area contributed by atoms with Gasteiger partial charge < -0.3 is 39.8 Å². The third-order valence-electron chi connectivity index (χ3n) is 8.63. The number of nitrogens with one attached hydrogen (secondary N) is 3. The lowest BCUT2D eigenvalue weighted by molar-refractivity contribution is -0.116. The van der Waals surface area contributed by atoms with Crippen molar-refractivity contribution in [3.8, 4) is 11.5 Å². The maximum atomic E-state index is 13.9. The molecule has 1 aliphatic heterocycles. The number of thiophene rings is 1. The summed E-state index contributed by atoms with van der Waals surface area (Å²) in [5.41, 5.74) is 1.60. The van der Waals surface area contributed by atoms with Crippen LogP contribution in [0.25, 0.3) is 6.08 Å². The highest BCUT2D eigenvalue weighted by atomic mass is 32.2. The highest BCUT2D eigenvalue weighted by Crippen LogP contribution is 2.39. The van der Waals surface area contributed by atoms with E-state index in [4.69, 9.17) is 18.9 Å². The molecule has 13 nitrogen and oxygen atoms in total. The van der Waals surface area contributed by atoms with Gasteiger partial charge in [0.15, 0.2) is 0 Å². The van der Waals surface area contributed by atoms with E-state index in [9.17, 15) is 24.0 Å². The van der Waals surface area contributed by atoms with Crippen LogP contribution >= 0.6 is 23.1 Å². The van der Waals surface area contributed by atoms with Gasteiger partial charge in [-0.1, -0.05) is 31.2 Å². The molecule has 1 atom stereocenters. The molecule has 3 aromatic carbocycles. The summed E-state index contributed by atoms with van der Waals surface area (Å²) in [4.78, 5) is 69.7. The lowest BCUT2D eigenvalue weighted by atomic mass is 10.0. The van der Waals surface area contributed by atoms with Crippen LogP contribution in [0.2, 0.25) is 0 Å². The van der Waals surface area contributed by atoms with E-state index in [0.29, 0.717) is 57.6 Å². The van der Waals surface area contributed by atoms with Gasteiger partial charge in [0.25, 0.3) is 11.8 Å². The van der Waals surface area contributed by atoms with Crippen LogP contribution in [-0.4, -0.2) is 73.4 Å². The van der Waals surface area contributed by atoms with Gasteiger partial charge >= 0.3 is 12.1 Å². The van der Waals surface area contributed by atoms with Crippen LogP contribution in [0.5, 0.6) is 11.5 Å². The number of carbonyl (C=O) groups is 5. The average molecular weight is 815 g/mol. The summed E-state index contributed by atoms with van der Waals surface area (Å²) in [7, 11) is 4.31. The summed E-state index contributed by atoms with van der Waals surface area (Å²) in [5, 5.41) is 8.33. The second-order valence-corrected chi connectivity index (χ2v) is 16.2. The van der Waals surface area contributed by atoms with Crippen LogP contribution < -0.4 is 25.4 Å². The number of anilines is 2. The molecular weight excluding hydrogens is 769 g/mol. The van der Waals surface area contributed by atoms with Crippen molar-refractivity contribution in [3.63, 3.8) is 0 Å². The Balaban J connectivity index is 1.34. The maximum absolute atomic E-state index is 13.9. The zero-order valence-corrected chi connectivity index (χ0v) is 34.5. The zero-order valence-electron chi connectivity index (χ0n) is 32.8. The number of hydrogen-bond acceptors (Lipinski definition) is 11. The molecule has 3 N–H and O–H groups in total. The number of carbonyl (C=O) groups excluding carboxylic acids is 5. The van der Waals surface area contributed by atoms with Gasteiger partial charge in [0, 0.05) is 33.1 Å². The predicted molar refractivity (Wildman–Crippen MR) is 221 cm³/mol. The van der Waals surface area contributed by atoms with Gasteiger partial charge in [0.2, 0.25) is 5.91 Å². The number of methoxy groups -OCH3 is 3. The van der Waals surface area contributed by atoms with Gasteiger partial charge in [-0.05, 0) is 93.8 Å². The Labute approximate surface area is 340 Å². The predicted octanol–water partition coefficient (Wildman–Crippen LogP) is 7.76. The Kier molecular flexibility index (Phi) is 14.0. The van der Waals surface area contributed by atoms with E-state index in [2.05, 4.69) is 16.0 Å². The Morgan fingerprint density at radius 1 is 0.930 bits per heavy atom. The largest absolute Gasteiger partial charge is 0.497 e. The van der Waals surface area contributed by atoms with E-state index in [-0.39, 0.29) is 23.7 Å². The molecule has 4 amide bonds. The van der Waals surface area contributed by atoms with Gasteiger partial charge in [0.1, 0.15) is 27.8 Å². The molecule has 57 heavy (non-hydrogen) atoms. The minimum atomic E-state index is -0.659. The van der Waals surface area contributed by atoms with Crippen molar-refractivity contribution in [1.82, 2.24) is 10.2 Å². The van der Waals surface area contributed by atoms with Gasteiger partial charge in [-0.3, -0.25) is 14.4 Å². The summed E-state index contributed by atoms with van der Waals surface area (Å²) in [5.74, 6) is -0.996. The average Bonchev–Trinajstić information content (AvgIpc) is 3.55. The molecule has 5 rings (SSSR count). The lowest BCUT2D eigenvalue weighted by Crippen LogP contribution is -2.39. The van der Waals surface area contributed by atoms with Crippen molar-refractivity contribution in [2.24, 2.45) is 0 Å². The summed E-state index contributed by atoms with van der Waals surface area (Å²) < 4.78 is 21.5. The fourth-order valence-electron chi connectivity index (χ4n) is 5.87. The maximum Gasteiger partial charge on any atom is 0.410 e.